The molecule has 2 heterocycles. The fraction of sp³-hybridized carbons (Fsp3) is 0.864. The van der Waals surface area contributed by atoms with E-state index in [0.717, 1.165) is 32.1 Å². The molecule has 4 aliphatic carbocycles. The second-order valence-electron chi connectivity index (χ2n) is 10.4. The van der Waals surface area contributed by atoms with Crippen LogP contribution in [0.2, 0.25) is 0 Å². The van der Waals surface area contributed by atoms with Gasteiger partial charge in [0, 0.05) is 11.8 Å². The van der Waals surface area contributed by atoms with Gasteiger partial charge in [0.1, 0.15) is 11.7 Å². The molecule has 142 valence electrons. The fourth-order valence-corrected chi connectivity index (χ4v) is 8.25. The predicted octanol–water partition coefficient (Wildman–Crippen LogP) is 3.37. The number of aliphatic hydroxyl groups excluding tert-OH is 1. The van der Waals surface area contributed by atoms with Crippen molar-refractivity contribution in [2.75, 3.05) is 0 Å². The van der Waals surface area contributed by atoms with E-state index < -0.39 is 0 Å². The summed E-state index contributed by atoms with van der Waals surface area (Å²) in [6, 6.07) is 0. The van der Waals surface area contributed by atoms with Crippen LogP contribution in [0.3, 0.4) is 0 Å². The molecule has 2 aliphatic heterocycles. The number of fused-ring (bicyclic) bond motifs is 9. The first-order valence-electron chi connectivity index (χ1n) is 10.7. The minimum Gasteiger partial charge on any atom is -0.458 e. The first kappa shape index (κ1) is 16.1. The van der Waals surface area contributed by atoms with Crippen molar-refractivity contribution < 1.29 is 19.4 Å². The lowest BCUT2D eigenvalue weighted by atomic mass is 9.46. The first-order valence-corrected chi connectivity index (χ1v) is 10.7. The molecule has 0 amide bonds. The van der Waals surface area contributed by atoms with Crippen molar-refractivity contribution >= 4 is 5.97 Å². The third-order valence-corrected chi connectivity index (χ3v) is 9.69. The smallest absolute Gasteiger partial charge is 0.306 e. The van der Waals surface area contributed by atoms with Crippen LogP contribution in [0.1, 0.15) is 65.2 Å². The van der Waals surface area contributed by atoms with Gasteiger partial charge in [0.25, 0.3) is 0 Å². The summed E-state index contributed by atoms with van der Waals surface area (Å²) < 4.78 is 12.3. The third-order valence-electron chi connectivity index (χ3n) is 9.69. The number of epoxide rings is 1. The number of hydrogen-bond donors (Lipinski definition) is 1. The van der Waals surface area contributed by atoms with E-state index >= 15 is 0 Å². The van der Waals surface area contributed by atoms with Gasteiger partial charge >= 0.3 is 5.97 Å². The molecule has 4 nitrogen and oxygen atoms in total. The highest BCUT2D eigenvalue weighted by molar-refractivity contribution is 5.72. The molecule has 26 heavy (non-hydrogen) atoms. The van der Waals surface area contributed by atoms with Gasteiger partial charge in [-0.3, -0.25) is 4.79 Å². The summed E-state index contributed by atoms with van der Waals surface area (Å²) in [5.41, 5.74) is 1.49. The number of carbonyl (C=O) groups excluding carboxylic acids is 1. The fourth-order valence-electron chi connectivity index (χ4n) is 8.25. The molecule has 0 radical (unpaired) electrons. The average molecular weight is 358 g/mol. The van der Waals surface area contributed by atoms with Gasteiger partial charge in [0.05, 0.1) is 12.2 Å². The Hall–Kier alpha value is -0.870. The molecule has 1 unspecified atom stereocenters. The van der Waals surface area contributed by atoms with Crippen LogP contribution >= 0.6 is 0 Å². The van der Waals surface area contributed by atoms with Gasteiger partial charge in [-0.2, -0.15) is 0 Å². The Morgan fingerprint density at radius 3 is 2.65 bits per heavy atom. The van der Waals surface area contributed by atoms with Crippen LogP contribution in [0.5, 0.6) is 0 Å². The molecular weight excluding hydrogens is 328 g/mol. The lowest BCUT2D eigenvalue weighted by Crippen LogP contribution is -2.56. The van der Waals surface area contributed by atoms with Crippen LogP contribution in [0.25, 0.3) is 0 Å². The van der Waals surface area contributed by atoms with Gasteiger partial charge in [-0.25, -0.2) is 0 Å². The zero-order chi connectivity index (χ0) is 17.9. The third kappa shape index (κ3) is 1.72. The number of aliphatic hydroxyl groups is 1. The Morgan fingerprint density at radius 1 is 1.08 bits per heavy atom. The van der Waals surface area contributed by atoms with E-state index in [9.17, 15) is 9.90 Å². The van der Waals surface area contributed by atoms with Crippen LogP contribution in [0, 0.1) is 28.6 Å². The van der Waals surface area contributed by atoms with Crippen molar-refractivity contribution in [2.24, 2.45) is 28.6 Å². The van der Waals surface area contributed by atoms with Crippen LogP contribution in [-0.2, 0) is 14.3 Å². The van der Waals surface area contributed by atoms with Gasteiger partial charge in [0.2, 0.25) is 0 Å². The summed E-state index contributed by atoms with van der Waals surface area (Å²) in [5, 5.41) is 10.2. The summed E-state index contributed by atoms with van der Waals surface area (Å²) >= 11 is 0. The monoisotopic (exact) mass is 358 g/mol. The second kappa shape index (κ2) is 4.75. The van der Waals surface area contributed by atoms with Crippen LogP contribution in [0.15, 0.2) is 11.6 Å². The quantitative estimate of drug-likeness (QED) is 0.410. The van der Waals surface area contributed by atoms with Gasteiger partial charge in [-0.1, -0.05) is 19.9 Å². The topological polar surface area (TPSA) is 59.1 Å². The maximum absolute atomic E-state index is 12.0. The number of hydrogen-bond acceptors (Lipinski definition) is 4. The maximum atomic E-state index is 12.0. The minimum atomic E-state index is -0.291. The minimum absolute atomic E-state index is 0.0108. The van der Waals surface area contributed by atoms with Crippen molar-refractivity contribution in [3.8, 4) is 0 Å². The zero-order valence-electron chi connectivity index (χ0n) is 15.9. The molecule has 0 aromatic carbocycles. The summed E-state index contributed by atoms with van der Waals surface area (Å²) in [4.78, 5) is 12.0. The highest BCUT2D eigenvalue weighted by Crippen LogP contribution is 2.72. The molecule has 2 saturated heterocycles. The highest BCUT2D eigenvalue weighted by atomic mass is 16.6. The van der Waals surface area contributed by atoms with E-state index in [0.29, 0.717) is 30.3 Å². The van der Waals surface area contributed by atoms with E-state index in [2.05, 4.69) is 19.9 Å². The molecule has 6 aliphatic rings. The maximum Gasteiger partial charge on any atom is 0.306 e. The van der Waals surface area contributed by atoms with Crippen LogP contribution in [0.4, 0.5) is 0 Å². The van der Waals surface area contributed by atoms with E-state index in [1.165, 1.54) is 18.4 Å². The van der Waals surface area contributed by atoms with E-state index in [-0.39, 0.29) is 34.6 Å². The molecular formula is C22H30O4. The molecule has 1 spiro atoms. The number of esters is 1. The van der Waals surface area contributed by atoms with Gasteiger partial charge < -0.3 is 14.6 Å². The van der Waals surface area contributed by atoms with Gasteiger partial charge in [0.15, 0.2) is 0 Å². The van der Waals surface area contributed by atoms with E-state index in [1.807, 2.05) is 0 Å². The Kier molecular flexibility index (Phi) is 2.94. The molecule has 4 heteroatoms. The summed E-state index contributed by atoms with van der Waals surface area (Å²) in [7, 11) is 0. The molecule has 6 rings (SSSR count). The van der Waals surface area contributed by atoms with Gasteiger partial charge in [-0.15, -0.1) is 0 Å². The Labute approximate surface area is 155 Å². The number of ether oxygens (including phenoxy) is 2. The first-order chi connectivity index (χ1) is 12.4. The predicted molar refractivity (Wildman–Crippen MR) is 95.2 cm³/mol. The molecule has 9 atom stereocenters. The molecule has 0 aromatic heterocycles. The molecule has 1 N–H and O–H groups in total. The van der Waals surface area contributed by atoms with Crippen LogP contribution < -0.4 is 0 Å². The van der Waals surface area contributed by atoms with E-state index in [4.69, 9.17) is 9.47 Å². The average Bonchev–Trinajstić information content (AvgIpc) is 3.23. The number of rotatable bonds is 0. The Bertz CT molecular complexity index is 715. The molecule has 3 saturated carbocycles. The zero-order valence-corrected chi connectivity index (χ0v) is 15.9. The highest BCUT2D eigenvalue weighted by Gasteiger charge is 2.72. The standard InChI is InChI=1S/C22H30O4/c1-20-7-3-12(23)11-15(20)18-19(25-18)17-13(20)4-8-21(2)14(17)5-9-22(21)10-6-16(24)26-22/h11-14,17-19,23H,3-10H2,1-2H3/t12-,13+,14+,17?,18+,19-,20-,21+,22-/m1/s1. The lowest BCUT2D eigenvalue weighted by molar-refractivity contribution is -0.167. The van der Waals surface area contributed by atoms with Crippen molar-refractivity contribution in [1.82, 2.24) is 0 Å². The van der Waals surface area contributed by atoms with Crippen molar-refractivity contribution in [1.29, 1.82) is 0 Å². The summed E-state index contributed by atoms with van der Waals surface area (Å²) in [6.07, 6.45) is 10.5. The summed E-state index contributed by atoms with van der Waals surface area (Å²) in [6.45, 7) is 4.85. The Balaban J connectivity index is 1.40. The number of carbonyl (C=O) groups is 1. The lowest BCUT2D eigenvalue weighted by Gasteiger charge is -2.58. The Morgan fingerprint density at radius 2 is 1.88 bits per heavy atom. The largest absolute Gasteiger partial charge is 0.458 e. The van der Waals surface area contributed by atoms with Crippen molar-refractivity contribution in [3.05, 3.63) is 11.6 Å². The van der Waals surface area contributed by atoms with Gasteiger partial charge in [-0.05, 0) is 73.7 Å². The molecule has 0 aromatic rings. The summed E-state index contributed by atoms with van der Waals surface area (Å²) in [5.74, 6) is 1.86. The van der Waals surface area contributed by atoms with E-state index in [1.54, 1.807) is 0 Å². The van der Waals surface area contributed by atoms with Crippen molar-refractivity contribution in [3.63, 3.8) is 0 Å². The molecule has 5 fully saturated rings. The molecule has 0 bridgehead atoms. The van der Waals surface area contributed by atoms with Crippen molar-refractivity contribution in [2.45, 2.75) is 89.1 Å². The van der Waals surface area contributed by atoms with Crippen LogP contribution in [-0.4, -0.2) is 35.0 Å². The second-order valence-corrected chi connectivity index (χ2v) is 10.4. The normalized spacial score (nSPS) is 59.8. The SMILES string of the molecule is C[C@]12CC[C@@H](O)C=C1[C@@H]1O[C@@H]1C1[C@@H]2CC[C@@]2(C)[C@H]1CC[C@@]21CCC(=O)O1.